The molecule has 10 rings (SSSR count). The highest BCUT2D eigenvalue weighted by atomic mass is 32.1. The number of carboxylic acids is 1. The highest BCUT2D eigenvalue weighted by Crippen LogP contribution is 2.28. The first kappa shape index (κ1) is 46.6. The number of nitrogens with zero attached hydrogens (tertiary/aromatic N) is 10. The summed E-state index contributed by atoms with van der Waals surface area (Å²) in [7, 11) is 0. The molecular weight excluding hydrogens is 853 g/mol. The van der Waals surface area contributed by atoms with Gasteiger partial charge in [0, 0.05) is 100.0 Å². The maximum atomic E-state index is 12.8. The molecule has 4 aliphatic rings. The zero-order valence-corrected chi connectivity index (χ0v) is 37.6. The van der Waals surface area contributed by atoms with Crippen LogP contribution >= 0.6 is 22.7 Å². The fraction of sp³-hybridized carbons (Fsp3) is 0.511. The molecule has 6 N–H and O–H groups in total. The van der Waals surface area contributed by atoms with E-state index in [1.807, 2.05) is 16.3 Å². The molecule has 4 aliphatic heterocycles. The van der Waals surface area contributed by atoms with Crippen LogP contribution in [0.4, 0.5) is 21.9 Å². The molecule has 19 heteroatoms. The van der Waals surface area contributed by atoms with Crippen molar-refractivity contribution in [2.75, 3.05) is 72.0 Å². The number of aliphatic hydroxyl groups excluding tert-OH is 2. The van der Waals surface area contributed by atoms with E-state index in [9.17, 15) is 19.8 Å². The van der Waals surface area contributed by atoms with Crippen molar-refractivity contribution in [2.24, 2.45) is 5.73 Å². The number of hydrogen-bond acceptors (Lipinski definition) is 15. The first-order valence-electron chi connectivity index (χ1n) is 22.0. The van der Waals surface area contributed by atoms with Crippen LogP contribution in [0.1, 0.15) is 92.2 Å². The average Bonchev–Trinajstić information content (AvgIpc) is 4.15. The smallest absolute Gasteiger partial charge is 0.355 e. The van der Waals surface area contributed by atoms with Crippen molar-refractivity contribution < 1.29 is 24.9 Å². The maximum Gasteiger partial charge on any atom is 0.355 e. The number of carboxylic acid groups (broad SMARTS) is 1. The predicted octanol–water partition coefficient (Wildman–Crippen LogP) is 5.20. The summed E-state index contributed by atoms with van der Waals surface area (Å²) in [4.78, 5) is 50.4. The first-order chi connectivity index (χ1) is 30.5. The fourth-order valence-electron chi connectivity index (χ4n) is 8.41. The molecule has 4 fully saturated rings. The molecule has 0 aliphatic carbocycles. The van der Waals surface area contributed by atoms with Gasteiger partial charge in [-0.05, 0) is 75.6 Å². The quantitative estimate of drug-likeness (QED) is 0.127. The van der Waals surface area contributed by atoms with E-state index in [4.69, 9.17) is 20.8 Å². The number of carbonyl (C=O) groups excluding carboxylic acids is 1. The van der Waals surface area contributed by atoms with Gasteiger partial charge in [0.25, 0.3) is 5.91 Å². The van der Waals surface area contributed by atoms with Crippen molar-refractivity contribution in [2.45, 2.75) is 96.9 Å². The van der Waals surface area contributed by atoms with Crippen LogP contribution in [0.2, 0.25) is 0 Å². The molecule has 6 aromatic rings. The molecular formula is C45H62N12O5S2. The fourth-order valence-corrected chi connectivity index (χ4v) is 10.1. The summed E-state index contributed by atoms with van der Waals surface area (Å²) in [5, 5.41) is 35.9. The summed E-state index contributed by atoms with van der Waals surface area (Å²) in [5.74, 6) is 0.968. The second-order valence-corrected chi connectivity index (χ2v) is 18.3. The Bertz CT molecular complexity index is 2470. The number of carbonyl (C=O) groups is 2. The molecule has 4 saturated heterocycles. The molecule has 10 heterocycles. The number of fused-ring (bicyclic) bond motifs is 2. The standard InChI is InChI=1S/C22H28N6O2S.C13H18N4.C9H12N2O3S.CH4/c1-2-15-12-27-8-3-4-19(27)20(23-15)28-9-5-16(13-28)24-21(30)18-14-31-22(25-18)26-10-6-17(29)7-11-26;1-2-11-9-16-6-3-4-12(16)13(15-11)17-7-5-10(14)8-17;12-6-1-3-11(4-2-6)9-10-7(5-15-9)8(13)14;/h3-4,8,12,14,16-17,29H,2,5-7,9-11,13H2,1H3,(H,24,30);3-4,6,9-10H,2,5,7-8,14H2,1H3;5-6,12H,1-4H2,(H,13,14);1H4/t16-;10-;;/m00../s1. The molecule has 0 radical (unpaired) electrons. The Balaban J connectivity index is 0.000000157. The number of nitrogens with one attached hydrogen (secondary N) is 1. The van der Waals surface area contributed by atoms with Crippen LogP contribution in [-0.4, -0.2) is 133 Å². The molecule has 6 aromatic heterocycles. The number of piperidine rings is 2. The van der Waals surface area contributed by atoms with Gasteiger partial charge in [0.15, 0.2) is 27.6 Å². The van der Waals surface area contributed by atoms with Crippen LogP contribution in [-0.2, 0) is 12.8 Å². The molecule has 0 spiro atoms. The lowest BCUT2D eigenvalue weighted by Crippen LogP contribution is -2.38. The van der Waals surface area contributed by atoms with Crippen LogP contribution < -0.4 is 30.7 Å². The van der Waals surface area contributed by atoms with Crippen LogP contribution in [0.15, 0.2) is 59.8 Å². The number of amides is 1. The maximum absolute atomic E-state index is 12.8. The Kier molecular flexibility index (Phi) is 15.4. The summed E-state index contributed by atoms with van der Waals surface area (Å²) in [6.07, 6.45) is 14.6. The van der Waals surface area contributed by atoms with Gasteiger partial charge in [-0.1, -0.05) is 21.3 Å². The van der Waals surface area contributed by atoms with Gasteiger partial charge < -0.3 is 54.8 Å². The lowest BCUT2D eigenvalue weighted by molar-refractivity contribution is 0.0690. The largest absolute Gasteiger partial charge is 0.476 e. The van der Waals surface area contributed by atoms with E-state index in [1.165, 1.54) is 28.2 Å². The molecule has 0 bridgehead atoms. The molecule has 344 valence electrons. The van der Waals surface area contributed by atoms with E-state index in [-0.39, 0.29) is 43.3 Å². The molecule has 17 nitrogen and oxygen atoms in total. The molecule has 64 heavy (non-hydrogen) atoms. The molecule has 0 unspecified atom stereocenters. The van der Waals surface area contributed by atoms with E-state index in [1.54, 1.807) is 5.38 Å². The van der Waals surface area contributed by atoms with Crippen molar-refractivity contribution in [3.63, 3.8) is 0 Å². The van der Waals surface area contributed by atoms with Crippen LogP contribution in [0.3, 0.4) is 0 Å². The Morgan fingerprint density at radius 3 is 1.62 bits per heavy atom. The minimum absolute atomic E-state index is 0. The number of rotatable bonds is 9. The molecule has 2 atom stereocenters. The third-order valence-electron chi connectivity index (χ3n) is 12.1. The molecule has 0 aromatic carbocycles. The Hall–Kier alpha value is -5.34. The van der Waals surface area contributed by atoms with Crippen LogP contribution in [0.5, 0.6) is 0 Å². The van der Waals surface area contributed by atoms with Gasteiger partial charge in [-0.15, -0.1) is 22.7 Å². The number of aryl methyl sites for hydroxylation is 2. The molecule has 0 saturated carbocycles. The second kappa shape index (κ2) is 21.1. The van der Waals surface area contributed by atoms with E-state index in [0.717, 1.165) is 143 Å². The van der Waals surface area contributed by atoms with Gasteiger partial charge in [0.05, 0.1) is 34.6 Å². The van der Waals surface area contributed by atoms with Crippen molar-refractivity contribution in [3.05, 3.63) is 82.6 Å². The summed E-state index contributed by atoms with van der Waals surface area (Å²) in [5.41, 5.74) is 11.0. The number of thiazole rings is 2. The average molecular weight is 915 g/mol. The lowest BCUT2D eigenvalue weighted by atomic mass is 10.1. The Labute approximate surface area is 382 Å². The van der Waals surface area contributed by atoms with Crippen molar-refractivity contribution in [3.8, 4) is 0 Å². The topological polar surface area (TPSA) is 206 Å². The third-order valence-corrected chi connectivity index (χ3v) is 13.9. The minimum Gasteiger partial charge on any atom is -0.476 e. The van der Waals surface area contributed by atoms with E-state index in [2.05, 4.69) is 95.6 Å². The third kappa shape index (κ3) is 10.9. The lowest BCUT2D eigenvalue weighted by Gasteiger charge is -2.29. The number of aromatic carboxylic acids is 1. The minimum atomic E-state index is -0.991. The van der Waals surface area contributed by atoms with E-state index < -0.39 is 5.97 Å². The SMILES string of the molecule is C.CCc1cn2cccc2c(N2CC[C@H](N)C2)n1.CCc1cn2cccc2c(N2CC[C@H](NC(=O)c3csc(N4CCC(O)CC4)n3)C2)n1.O=C(O)c1csc(N2CCC(O)CC2)n1. The highest BCUT2D eigenvalue weighted by Gasteiger charge is 2.29. The van der Waals surface area contributed by atoms with E-state index in [0.29, 0.717) is 5.69 Å². The number of aromatic nitrogens is 6. The van der Waals surface area contributed by atoms with Crippen LogP contribution in [0, 0.1) is 0 Å². The van der Waals surface area contributed by atoms with Gasteiger partial charge in [-0.25, -0.2) is 24.7 Å². The van der Waals surface area contributed by atoms with Gasteiger partial charge >= 0.3 is 5.97 Å². The monoisotopic (exact) mass is 914 g/mol. The highest BCUT2D eigenvalue weighted by molar-refractivity contribution is 7.14. The Morgan fingerprint density at radius 1 is 0.688 bits per heavy atom. The summed E-state index contributed by atoms with van der Waals surface area (Å²) >= 11 is 2.83. The zero-order valence-electron chi connectivity index (χ0n) is 35.9. The van der Waals surface area contributed by atoms with Crippen molar-refractivity contribution in [1.29, 1.82) is 0 Å². The molecule has 1 amide bonds. The summed E-state index contributed by atoms with van der Waals surface area (Å²) < 4.78 is 4.29. The van der Waals surface area contributed by atoms with E-state index >= 15 is 0 Å². The number of anilines is 4. The number of nitrogens with two attached hydrogens (primary N) is 1. The Morgan fingerprint density at radius 2 is 1.16 bits per heavy atom. The van der Waals surface area contributed by atoms with Gasteiger partial charge in [0.1, 0.15) is 5.69 Å². The normalized spacial score (nSPS) is 19.3. The number of aliphatic hydroxyl groups is 2. The van der Waals surface area contributed by atoms with Crippen molar-refractivity contribution >= 4 is 67.5 Å². The second-order valence-electron chi connectivity index (χ2n) is 16.6. The summed E-state index contributed by atoms with van der Waals surface area (Å²) in [6, 6.07) is 8.67. The van der Waals surface area contributed by atoms with Gasteiger partial charge in [-0.3, -0.25) is 4.79 Å². The van der Waals surface area contributed by atoms with Crippen molar-refractivity contribution in [1.82, 2.24) is 34.1 Å². The zero-order chi connectivity index (χ0) is 44.0. The number of hydrogen-bond donors (Lipinski definition) is 5. The van der Waals surface area contributed by atoms with Gasteiger partial charge in [-0.2, -0.15) is 0 Å². The van der Waals surface area contributed by atoms with Gasteiger partial charge in [0.2, 0.25) is 0 Å². The predicted molar refractivity (Wildman–Crippen MR) is 255 cm³/mol. The first-order valence-corrected chi connectivity index (χ1v) is 23.8. The van der Waals surface area contributed by atoms with Crippen LogP contribution in [0.25, 0.3) is 11.0 Å². The summed E-state index contributed by atoms with van der Waals surface area (Å²) in [6.45, 7) is 10.8.